The molecule has 20 heavy (non-hydrogen) atoms. The van der Waals surface area contributed by atoms with Gasteiger partial charge in [-0.05, 0) is 51.4 Å². The van der Waals surface area contributed by atoms with Crippen LogP contribution in [0.2, 0.25) is 0 Å². The molecule has 4 nitrogen and oxygen atoms in total. The lowest BCUT2D eigenvalue weighted by atomic mass is 9.93. The van der Waals surface area contributed by atoms with Gasteiger partial charge in [0.15, 0.2) is 0 Å². The van der Waals surface area contributed by atoms with Crippen LogP contribution in [0, 0.1) is 13.8 Å². The van der Waals surface area contributed by atoms with Crippen molar-refractivity contribution < 1.29 is 9.53 Å². The van der Waals surface area contributed by atoms with Crippen LogP contribution in [-0.2, 0) is 4.79 Å². The number of aryl methyl sites for hydroxylation is 1. The second kappa shape index (κ2) is 6.75. The zero-order chi connectivity index (χ0) is 15.3. The van der Waals surface area contributed by atoms with E-state index in [2.05, 4.69) is 18.3 Å². The van der Waals surface area contributed by atoms with Gasteiger partial charge in [0.05, 0.1) is 11.6 Å². The minimum Gasteiger partial charge on any atom is -0.490 e. The van der Waals surface area contributed by atoms with Gasteiger partial charge in [0.25, 0.3) is 0 Å². The van der Waals surface area contributed by atoms with Gasteiger partial charge in [0.2, 0.25) is 5.91 Å². The molecule has 0 heterocycles. The molecule has 2 atom stereocenters. The van der Waals surface area contributed by atoms with Crippen LogP contribution in [0.3, 0.4) is 0 Å². The monoisotopic (exact) mass is 278 g/mol. The van der Waals surface area contributed by atoms with Crippen molar-refractivity contribution in [3.8, 4) is 5.75 Å². The van der Waals surface area contributed by atoms with Gasteiger partial charge in [-0.1, -0.05) is 19.1 Å². The van der Waals surface area contributed by atoms with E-state index in [1.54, 1.807) is 0 Å². The molecular weight excluding hydrogens is 252 g/mol. The highest BCUT2D eigenvalue weighted by Crippen LogP contribution is 2.24. The summed E-state index contributed by atoms with van der Waals surface area (Å²) in [7, 11) is 0. The third-order valence-electron chi connectivity index (χ3n) is 3.69. The predicted octanol–water partition coefficient (Wildman–Crippen LogP) is 2.31. The van der Waals surface area contributed by atoms with E-state index >= 15 is 0 Å². The van der Waals surface area contributed by atoms with Crippen LogP contribution < -0.4 is 15.8 Å². The van der Waals surface area contributed by atoms with Crippen LogP contribution in [-0.4, -0.2) is 24.1 Å². The van der Waals surface area contributed by atoms with E-state index in [9.17, 15) is 4.79 Å². The molecule has 0 saturated heterocycles. The first-order chi connectivity index (χ1) is 9.30. The molecule has 112 valence electrons. The minimum atomic E-state index is -0.744. The zero-order valence-electron chi connectivity index (χ0n) is 13.1. The van der Waals surface area contributed by atoms with Gasteiger partial charge in [-0.3, -0.25) is 4.79 Å². The molecule has 1 rings (SSSR count). The maximum Gasteiger partial charge on any atom is 0.237 e. The summed E-state index contributed by atoms with van der Waals surface area (Å²) in [4.78, 5) is 11.6. The molecular formula is C16H26N2O2. The number of ether oxygens (including phenoxy) is 1. The van der Waals surface area contributed by atoms with E-state index in [0.717, 1.165) is 11.3 Å². The zero-order valence-corrected chi connectivity index (χ0v) is 13.1. The summed E-state index contributed by atoms with van der Waals surface area (Å²) in [6.45, 7) is 10.5. The van der Waals surface area contributed by atoms with Crippen molar-refractivity contribution in [2.45, 2.75) is 52.7 Å². The normalized spacial score (nSPS) is 15.4. The fourth-order valence-corrected chi connectivity index (χ4v) is 2.34. The SMILES string of the molecule is CCNC(C)(CC(C)Oc1cccc(C)c1C)C(N)=O. The molecule has 0 spiro atoms. The van der Waals surface area contributed by atoms with Gasteiger partial charge in [0, 0.05) is 6.42 Å². The number of benzene rings is 1. The van der Waals surface area contributed by atoms with E-state index in [1.165, 1.54) is 5.56 Å². The van der Waals surface area contributed by atoms with Crippen LogP contribution in [0.4, 0.5) is 0 Å². The number of hydrogen-bond donors (Lipinski definition) is 2. The van der Waals surface area contributed by atoms with E-state index in [1.807, 2.05) is 39.8 Å². The molecule has 4 heteroatoms. The number of carbonyl (C=O) groups excluding carboxylic acids is 1. The topological polar surface area (TPSA) is 64.3 Å². The fraction of sp³-hybridized carbons (Fsp3) is 0.562. The van der Waals surface area contributed by atoms with Crippen LogP contribution in [0.25, 0.3) is 0 Å². The van der Waals surface area contributed by atoms with Crippen LogP contribution in [0.5, 0.6) is 5.75 Å². The molecule has 0 aliphatic carbocycles. The van der Waals surface area contributed by atoms with Gasteiger partial charge in [-0.15, -0.1) is 0 Å². The molecule has 2 unspecified atom stereocenters. The first kappa shape index (κ1) is 16.5. The maximum absolute atomic E-state index is 11.6. The molecule has 0 radical (unpaired) electrons. The van der Waals surface area contributed by atoms with E-state index in [0.29, 0.717) is 13.0 Å². The fourth-order valence-electron chi connectivity index (χ4n) is 2.34. The Labute approximate surface area is 121 Å². The Bertz CT molecular complexity index is 474. The third kappa shape index (κ3) is 3.97. The summed E-state index contributed by atoms with van der Waals surface area (Å²) in [6, 6.07) is 5.98. The summed E-state index contributed by atoms with van der Waals surface area (Å²) in [5, 5.41) is 3.15. The van der Waals surface area contributed by atoms with E-state index < -0.39 is 5.54 Å². The molecule has 0 aromatic heterocycles. The highest BCUT2D eigenvalue weighted by molar-refractivity contribution is 5.84. The Morgan fingerprint density at radius 3 is 2.65 bits per heavy atom. The van der Waals surface area contributed by atoms with Gasteiger partial charge in [-0.2, -0.15) is 0 Å². The number of hydrogen-bond acceptors (Lipinski definition) is 3. The smallest absolute Gasteiger partial charge is 0.237 e. The number of carbonyl (C=O) groups is 1. The first-order valence-electron chi connectivity index (χ1n) is 7.08. The average Bonchev–Trinajstić information content (AvgIpc) is 2.35. The highest BCUT2D eigenvalue weighted by atomic mass is 16.5. The lowest BCUT2D eigenvalue weighted by Crippen LogP contribution is -2.55. The van der Waals surface area contributed by atoms with Crippen LogP contribution in [0.1, 0.15) is 38.3 Å². The molecule has 1 amide bonds. The lowest BCUT2D eigenvalue weighted by molar-refractivity contribution is -0.124. The molecule has 0 aliphatic heterocycles. The third-order valence-corrected chi connectivity index (χ3v) is 3.69. The van der Waals surface area contributed by atoms with E-state index in [-0.39, 0.29) is 12.0 Å². The van der Waals surface area contributed by atoms with Gasteiger partial charge < -0.3 is 15.8 Å². The first-order valence-corrected chi connectivity index (χ1v) is 7.08. The number of likely N-dealkylation sites (N-methyl/N-ethyl adjacent to an activating group) is 1. The molecule has 0 fully saturated rings. The van der Waals surface area contributed by atoms with Gasteiger partial charge in [-0.25, -0.2) is 0 Å². The maximum atomic E-state index is 11.6. The van der Waals surface area contributed by atoms with Crippen molar-refractivity contribution in [1.82, 2.24) is 5.32 Å². The van der Waals surface area contributed by atoms with Crippen molar-refractivity contribution in [2.75, 3.05) is 6.54 Å². The molecule has 1 aromatic rings. The quantitative estimate of drug-likeness (QED) is 0.804. The van der Waals surface area contributed by atoms with Crippen molar-refractivity contribution in [3.63, 3.8) is 0 Å². The summed E-state index contributed by atoms with van der Waals surface area (Å²) in [5.41, 5.74) is 7.07. The second-order valence-electron chi connectivity index (χ2n) is 5.56. The largest absolute Gasteiger partial charge is 0.490 e. The van der Waals surface area contributed by atoms with E-state index in [4.69, 9.17) is 10.5 Å². The summed E-state index contributed by atoms with van der Waals surface area (Å²) >= 11 is 0. The number of nitrogens with one attached hydrogen (secondary N) is 1. The Morgan fingerprint density at radius 1 is 1.45 bits per heavy atom. The lowest BCUT2D eigenvalue weighted by Gasteiger charge is -2.30. The van der Waals surface area contributed by atoms with Crippen LogP contribution in [0.15, 0.2) is 18.2 Å². The summed E-state index contributed by atoms with van der Waals surface area (Å²) < 4.78 is 5.97. The van der Waals surface area contributed by atoms with Crippen molar-refractivity contribution in [1.29, 1.82) is 0 Å². The summed E-state index contributed by atoms with van der Waals surface area (Å²) in [6.07, 6.45) is 0.427. The second-order valence-corrected chi connectivity index (χ2v) is 5.56. The molecule has 0 saturated carbocycles. The molecule has 0 aliphatic rings. The van der Waals surface area contributed by atoms with Crippen molar-refractivity contribution in [3.05, 3.63) is 29.3 Å². The molecule has 3 N–H and O–H groups in total. The van der Waals surface area contributed by atoms with Crippen molar-refractivity contribution >= 4 is 5.91 Å². The summed E-state index contributed by atoms with van der Waals surface area (Å²) in [5.74, 6) is 0.511. The number of rotatable bonds is 7. The Kier molecular flexibility index (Phi) is 5.57. The van der Waals surface area contributed by atoms with Crippen LogP contribution >= 0.6 is 0 Å². The number of amides is 1. The van der Waals surface area contributed by atoms with Gasteiger partial charge in [0.1, 0.15) is 5.75 Å². The minimum absolute atomic E-state index is 0.105. The molecule has 0 bridgehead atoms. The standard InChI is InChI=1S/C16H26N2O2/c1-6-18-16(5,15(17)19)10-12(3)20-14-9-7-8-11(2)13(14)4/h7-9,12,18H,6,10H2,1-5H3,(H2,17,19). The Morgan fingerprint density at radius 2 is 2.10 bits per heavy atom. The highest BCUT2D eigenvalue weighted by Gasteiger charge is 2.32. The predicted molar refractivity (Wildman–Crippen MR) is 81.9 cm³/mol. The van der Waals surface area contributed by atoms with Crippen molar-refractivity contribution in [2.24, 2.45) is 5.73 Å². The average molecular weight is 278 g/mol. The van der Waals surface area contributed by atoms with Gasteiger partial charge >= 0.3 is 0 Å². The Balaban J connectivity index is 2.78. The number of nitrogens with two attached hydrogens (primary N) is 1. The number of primary amides is 1. The molecule has 1 aromatic carbocycles. The Hall–Kier alpha value is -1.55.